The summed E-state index contributed by atoms with van der Waals surface area (Å²) in [6, 6.07) is 12.8. The second-order valence-electron chi connectivity index (χ2n) is 7.50. The van der Waals surface area contributed by atoms with E-state index in [1.165, 1.54) is 22.5 Å². The van der Waals surface area contributed by atoms with Crippen LogP contribution < -0.4 is 15.7 Å². The van der Waals surface area contributed by atoms with Crippen molar-refractivity contribution in [1.29, 1.82) is 0 Å². The second-order valence-corrected chi connectivity index (χ2v) is 9.41. The third-order valence-electron chi connectivity index (χ3n) is 5.32. The van der Waals surface area contributed by atoms with E-state index >= 15 is 0 Å². The molecule has 0 aliphatic carbocycles. The average molecular weight is 457 g/mol. The Morgan fingerprint density at radius 3 is 2.59 bits per heavy atom. The van der Waals surface area contributed by atoms with Gasteiger partial charge in [0.05, 0.1) is 6.61 Å². The van der Waals surface area contributed by atoms with E-state index < -0.39 is 21.6 Å². The van der Waals surface area contributed by atoms with E-state index in [1.807, 2.05) is 0 Å². The molecule has 0 saturated carbocycles. The molecule has 2 aromatic carbocycles. The Labute approximate surface area is 185 Å². The SMILES string of the molecule is CCOc1ccc(NC(=O)c2cc3ccccc3oc2=O)cc1S(=O)(=O)N1CCCCC1. The largest absolute Gasteiger partial charge is 0.492 e. The molecule has 0 spiro atoms. The number of nitrogens with one attached hydrogen (secondary N) is 1. The first-order chi connectivity index (χ1) is 15.4. The fourth-order valence-electron chi connectivity index (χ4n) is 3.73. The highest BCUT2D eigenvalue weighted by Crippen LogP contribution is 2.31. The minimum atomic E-state index is -3.80. The van der Waals surface area contributed by atoms with Crippen molar-refractivity contribution >= 4 is 32.6 Å². The number of hydrogen-bond acceptors (Lipinski definition) is 6. The van der Waals surface area contributed by atoms with Gasteiger partial charge in [-0.05, 0) is 50.1 Å². The fraction of sp³-hybridized carbons (Fsp3) is 0.304. The van der Waals surface area contributed by atoms with Crippen LogP contribution in [0.2, 0.25) is 0 Å². The summed E-state index contributed by atoms with van der Waals surface area (Å²) < 4.78 is 38.7. The molecule has 4 rings (SSSR count). The lowest BCUT2D eigenvalue weighted by atomic mass is 10.1. The van der Waals surface area contributed by atoms with Crippen molar-refractivity contribution < 1.29 is 22.4 Å². The summed E-state index contributed by atoms with van der Waals surface area (Å²) in [7, 11) is -3.80. The highest BCUT2D eigenvalue weighted by atomic mass is 32.2. The van der Waals surface area contributed by atoms with Gasteiger partial charge in [-0.1, -0.05) is 24.6 Å². The van der Waals surface area contributed by atoms with Gasteiger partial charge in [-0.2, -0.15) is 4.31 Å². The molecule has 0 radical (unpaired) electrons. The van der Waals surface area contributed by atoms with Gasteiger partial charge in [-0.15, -0.1) is 0 Å². The van der Waals surface area contributed by atoms with Crippen LogP contribution in [0.15, 0.2) is 62.6 Å². The van der Waals surface area contributed by atoms with E-state index in [-0.39, 0.29) is 21.9 Å². The van der Waals surface area contributed by atoms with Crippen LogP contribution in [0.4, 0.5) is 5.69 Å². The van der Waals surface area contributed by atoms with Crippen molar-refractivity contribution in [2.75, 3.05) is 25.0 Å². The number of rotatable bonds is 6. The standard InChI is InChI=1S/C23H24N2O6S/c1-2-30-20-11-10-17(15-21(20)32(28,29)25-12-6-3-7-13-25)24-22(26)18-14-16-8-4-5-9-19(16)31-23(18)27/h4-5,8-11,14-15H,2-3,6-7,12-13H2,1H3,(H,24,26). The maximum absolute atomic E-state index is 13.3. The van der Waals surface area contributed by atoms with Crippen molar-refractivity contribution in [3.63, 3.8) is 0 Å². The molecule has 1 aliphatic heterocycles. The number of fused-ring (bicyclic) bond motifs is 1. The molecule has 1 N–H and O–H groups in total. The predicted molar refractivity (Wildman–Crippen MR) is 121 cm³/mol. The molecule has 1 amide bonds. The Balaban J connectivity index is 1.67. The van der Waals surface area contributed by atoms with Gasteiger partial charge in [0.15, 0.2) is 0 Å². The van der Waals surface area contributed by atoms with E-state index in [0.29, 0.717) is 30.7 Å². The molecular weight excluding hydrogens is 432 g/mol. The minimum Gasteiger partial charge on any atom is -0.492 e. The maximum atomic E-state index is 13.3. The van der Waals surface area contributed by atoms with Gasteiger partial charge in [0.25, 0.3) is 5.91 Å². The summed E-state index contributed by atoms with van der Waals surface area (Å²) in [4.78, 5) is 25.1. The molecule has 0 unspecified atom stereocenters. The smallest absolute Gasteiger partial charge is 0.349 e. The minimum absolute atomic E-state index is 0.00963. The van der Waals surface area contributed by atoms with E-state index in [1.54, 1.807) is 37.3 Å². The first-order valence-electron chi connectivity index (χ1n) is 10.5. The quantitative estimate of drug-likeness (QED) is 0.568. The van der Waals surface area contributed by atoms with Crippen molar-refractivity contribution in [1.82, 2.24) is 4.31 Å². The highest BCUT2D eigenvalue weighted by Gasteiger charge is 2.29. The van der Waals surface area contributed by atoms with Gasteiger partial charge in [-0.3, -0.25) is 4.79 Å². The number of ether oxygens (including phenoxy) is 1. The zero-order valence-corrected chi connectivity index (χ0v) is 18.5. The van der Waals surface area contributed by atoms with E-state index in [9.17, 15) is 18.0 Å². The van der Waals surface area contributed by atoms with Crippen molar-refractivity contribution in [2.24, 2.45) is 0 Å². The van der Waals surface area contributed by atoms with Crippen LogP contribution >= 0.6 is 0 Å². The van der Waals surface area contributed by atoms with Crippen molar-refractivity contribution in [3.8, 4) is 5.75 Å². The topological polar surface area (TPSA) is 106 Å². The predicted octanol–water partition coefficient (Wildman–Crippen LogP) is 3.62. The van der Waals surface area contributed by atoms with E-state index in [0.717, 1.165) is 19.3 Å². The molecule has 0 bridgehead atoms. The first-order valence-corrected chi connectivity index (χ1v) is 12.0. The number of piperidine rings is 1. The summed E-state index contributed by atoms with van der Waals surface area (Å²) >= 11 is 0. The maximum Gasteiger partial charge on any atom is 0.349 e. The lowest BCUT2D eigenvalue weighted by Crippen LogP contribution is -2.35. The zero-order valence-electron chi connectivity index (χ0n) is 17.7. The van der Waals surface area contributed by atoms with Crippen LogP contribution in [0, 0.1) is 0 Å². The van der Waals surface area contributed by atoms with Crippen LogP contribution in [0.25, 0.3) is 11.0 Å². The van der Waals surface area contributed by atoms with Gasteiger partial charge < -0.3 is 14.5 Å². The normalized spacial score (nSPS) is 14.9. The number of nitrogens with zero attached hydrogens (tertiary/aromatic N) is 1. The third-order valence-corrected chi connectivity index (χ3v) is 7.24. The van der Waals surface area contributed by atoms with Crippen LogP contribution in [0.3, 0.4) is 0 Å². The monoisotopic (exact) mass is 456 g/mol. The molecule has 1 fully saturated rings. The summed E-state index contributed by atoms with van der Waals surface area (Å²) in [5, 5.41) is 3.22. The number of benzene rings is 2. The first kappa shape index (κ1) is 22.0. The Hall–Kier alpha value is -3.17. The Bertz CT molecular complexity index is 1310. The van der Waals surface area contributed by atoms with Gasteiger partial charge >= 0.3 is 5.63 Å². The fourth-order valence-corrected chi connectivity index (χ4v) is 5.40. The third kappa shape index (κ3) is 4.39. The molecule has 2 heterocycles. The van der Waals surface area contributed by atoms with Crippen LogP contribution in [-0.4, -0.2) is 38.3 Å². The van der Waals surface area contributed by atoms with Crippen molar-refractivity contribution in [3.05, 3.63) is 64.5 Å². The molecule has 1 saturated heterocycles. The van der Waals surface area contributed by atoms with Gasteiger partial charge in [0.2, 0.25) is 10.0 Å². The number of carbonyl (C=O) groups excluding carboxylic acids is 1. The van der Waals surface area contributed by atoms with Crippen LogP contribution in [-0.2, 0) is 10.0 Å². The number of hydrogen-bond donors (Lipinski definition) is 1. The molecule has 3 aromatic rings. The summed E-state index contributed by atoms with van der Waals surface area (Å²) in [5.41, 5.74) is -0.321. The van der Waals surface area contributed by atoms with Gasteiger partial charge in [0.1, 0.15) is 21.8 Å². The molecule has 32 heavy (non-hydrogen) atoms. The molecule has 9 heteroatoms. The molecule has 8 nitrogen and oxygen atoms in total. The zero-order chi connectivity index (χ0) is 22.7. The number of sulfonamides is 1. The lowest BCUT2D eigenvalue weighted by Gasteiger charge is -2.27. The number of amides is 1. The van der Waals surface area contributed by atoms with E-state index in [4.69, 9.17) is 9.15 Å². The Morgan fingerprint density at radius 1 is 1.09 bits per heavy atom. The lowest BCUT2D eigenvalue weighted by molar-refractivity contribution is 0.102. The number of para-hydroxylation sites is 1. The Kier molecular flexibility index (Phi) is 6.29. The second kappa shape index (κ2) is 9.13. The molecular formula is C23H24N2O6S. The summed E-state index contributed by atoms with van der Waals surface area (Å²) in [5.74, 6) is -0.462. The van der Waals surface area contributed by atoms with Crippen LogP contribution in [0.5, 0.6) is 5.75 Å². The van der Waals surface area contributed by atoms with E-state index in [2.05, 4.69) is 5.32 Å². The Morgan fingerprint density at radius 2 is 1.84 bits per heavy atom. The number of anilines is 1. The highest BCUT2D eigenvalue weighted by molar-refractivity contribution is 7.89. The summed E-state index contributed by atoms with van der Waals surface area (Å²) in [6.07, 6.45) is 2.60. The molecule has 168 valence electrons. The average Bonchev–Trinajstić information content (AvgIpc) is 2.80. The molecule has 1 aromatic heterocycles. The van der Waals surface area contributed by atoms with Crippen LogP contribution in [0.1, 0.15) is 36.5 Å². The number of carbonyl (C=O) groups is 1. The molecule has 0 atom stereocenters. The van der Waals surface area contributed by atoms with Gasteiger partial charge in [0, 0.05) is 24.2 Å². The van der Waals surface area contributed by atoms with Crippen molar-refractivity contribution in [2.45, 2.75) is 31.1 Å². The van der Waals surface area contributed by atoms with Gasteiger partial charge in [-0.25, -0.2) is 13.2 Å². The molecule has 1 aliphatic rings. The summed E-state index contributed by atoms with van der Waals surface area (Å²) in [6.45, 7) is 2.96.